The quantitative estimate of drug-likeness (QED) is 0.333. The van der Waals surface area contributed by atoms with Crippen LogP contribution in [0.3, 0.4) is 0 Å². The molecule has 1 aliphatic carbocycles. The molecule has 0 spiro atoms. The smallest absolute Gasteiger partial charge is 0.313 e. The van der Waals surface area contributed by atoms with Crippen molar-refractivity contribution in [2.24, 2.45) is 11.0 Å². The lowest BCUT2D eigenvalue weighted by Crippen LogP contribution is -2.44. The minimum Gasteiger partial charge on any atom is -0.496 e. The highest BCUT2D eigenvalue weighted by Crippen LogP contribution is 2.25. The van der Waals surface area contributed by atoms with Gasteiger partial charge in [0, 0.05) is 17.4 Å². The van der Waals surface area contributed by atoms with Crippen molar-refractivity contribution in [2.75, 3.05) is 12.9 Å². The lowest BCUT2D eigenvalue weighted by molar-refractivity contribution is -0.133. The van der Waals surface area contributed by atoms with Crippen LogP contribution in [0, 0.1) is 5.92 Å². The van der Waals surface area contributed by atoms with E-state index >= 15 is 0 Å². The standard InChI is InChI=1S/C20H29N3O3S2/c1-13-6-4-5-7-17(13)21-20(27)23-22-14(2)15-8-9-18(26-3)16(10-15)11-28-12-19(24)25/h8-10,13,17H,4-7,11-12H2,1-3H3,(H,24,25)(H2,21,23,27)/b22-14-/t13-,17+/m1/s1. The van der Waals surface area contributed by atoms with Gasteiger partial charge in [-0.05, 0) is 61.7 Å². The molecule has 6 nitrogen and oxygen atoms in total. The van der Waals surface area contributed by atoms with Gasteiger partial charge >= 0.3 is 5.97 Å². The number of nitrogens with one attached hydrogen (secondary N) is 2. The van der Waals surface area contributed by atoms with Crippen LogP contribution in [0.4, 0.5) is 0 Å². The number of hydrazone groups is 1. The van der Waals surface area contributed by atoms with Crippen LogP contribution in [0.25, 0.3) is 0 Å². The van der Waals surface area contributed by atoms with E-state index in [1.165, 1.54) is 31.0 Å². The van der Waals surface area contributed by atoms with E-state index in [1.807, 2.05) is 25.1 Å². The number of carboxylic acid groups (broad SMARTS) is 1. The molecule has 0 aromatic heterocycles. The molecule has 8 heteroatoms. The van der Waals surface area contributed by atoms with E-state index in [4.69, 9.17) is 22.1 Å². The molecule has 0 radical (unpaired) electrons. The Morgan fingerprint density at radius 1 is 1.39 bits per heavy atom. The third-order valence-corrected chi connectivity index (χ3v) is 6.11. The highest BCUT2D eigenvalue weighted by Gasteiger charge is 2.21. The second kappa shape index (κ2) is 11.3. The van der Waals surface area contributed by atoms with Crippen LogP contribution in [0.15, 0.2) is 23.3 Å². The zero-order valence-corrected chi connectivity index (χ0v) is 18.3. The second-order valence-corrected chi connectivity index (χ2v) is 8.46. The number of methoxy groups -OCH3 is 1. The minimum atomic E-state index is -0.824. The van der Waals surface area contributed by atoms with E-state index in [0.29, 0.717) is 22.8 Å². The Morgan fingerprint density at radius 2 is 2.14 bits per heavy atom. The van der Waals surface area contributed by atoms with Crippen molar-refractivity contribution in [3.63, 3.8) is 0 Å². The van der Waals surface area contributed by atoms with Crippen molar-refractivity contribution in [1.29, 1.82) is 0 Å². The predicted molar refractivity (Wildman–Crippen MR) is 119 cm³/mol. The summed E-state index contributed by atoms with van der Waals surface area (Å²) in [5.74, 6) is 1.15. The lowest BCUT2D eigenvalue weighted by Gasteiger charge is -2.30. The van der Waals surface area contributed by atoms with Gasteiger partial charge in [0.2, 0.25) is 0 Å². The van der Waals surface area contributed by atoms with Crippen LogP contribution in [0.2, 0.25) is 0 Å². The summed E-state index contributed by atoms with van der Waals surface area (Å²) in [6, 6.07) is 6.20. The Hall–Kier alpha value is -1.80. The maximum atomic E-state index is 10.7. The summed E-state index contributed by atoms with van der Waals surface area (Å²) in [5.41, 5.74) is 5.63. The number of thioether (sulfide) groups is 1. The number of rotatable bonds is 8. The van der Waals surface area contributed by atoms with Crippen molar-refractivity contribution >= 4 is 40.8 Å². The third-order valence-electron chi connectivity index (χ3n) is 4.93. The molecule has 1 aromatic rings. The van der Waals surface area contributed by atoms with Crippen LogP contribution in [-0.4, -0.2) is 40.8 Å². The SMILES string of the molecule is COc1ccc(/C(C)=N\NC(=S)N[C@H]2CCCC[C@H]2C)cc1CSCC(=O)O. The summed E-state index contributed by atoms with van der Waals surface area (Å²) in [5, 5.41) is 17.2. The summed E-state index contributed by atoms with van der Waals surface area (Å²) in [4.78, 5) is 10.7. The number of nitrogens with zero attached hydrogens (tertiary/aromatic N) is 1. The summed E-state index contributed by atoms with van der Waals surface area (Å²) in [7, 11) is 1.61. The van der Waals surface area contributed by atoms with Gasteiger partial charge in [0.1, 0.15) is 5.75 Å². The first kappa shape index (κ1) is 22.5. The Balaban J connectivity index is 1.98. The van der Waals surface area contributed by atoms with Crippen LogP contribution >= 0.6 is 24.0 Å². The summed E-state index contributed by atoms with van der Waals surface area (Å²) in [6.45, 7) is 4.17. The fourth-order valence-corrected chi connectivity index (χ4v) is 4.21. The molecular weight excluding hydrogens is 394 g/mol. The Morgan fingerprint density at radius 3 is 2.82 bits per heavy atom. The zero-order valence-electron chi connectivity index (χ0n) is 16.7. The Bertz CT molecular complexity index is 725. The van der Waals surface area contributed by atoms with Gasteiger partial charge in [-0.2, -0.15) is 5.10 Å². The first-order valence-corrected chi connectivity index (χ1v) is 11.0. The molecule has 0 aliphatic heterocycles. The lowest BCUT2D eigenvalue weighted by atomic mass is 9.86. The van der Waals surface area contributed by atoms with Crippen LogP contribution in [-0.2, 0) is 10.5 Å². The van der Waals surface area contributed by atoms with E-state index < -0.39 is 5.97 Å². The molecule has 3 N–H and O–H groups in total. The molecule has 28 heavy (non-hydrogen) atoms. The number of aliphatic carboxylic acids is 1. The molecule has 0 unspecified atom stereocenters. The number of hydrogen-bond acceptors (Lipinski definition) is 5. The molecular formula is C20H29N3O3S2. The highest BCUT2D eigenvalue weighted by molar-refractivity contribution is 7.99. The second-order valence-electron chi connectivity index (χ2n) is 7.06. The number of ether oxygens (including phenoxy) is 1. The van der Waals surface area contributed by atoms with E-state index in [9.17, 15) is 4.79 Å². The number of hydrogen-bond donors (Lipinski definition) is 3. The van der Waals surface area contributed by atoms with Gasteiger partial charge in [0.05, 0.1) is 18.6 Å². The van der Waals surface area contributed by atoms with Gasteiger partial charge in [-0.1, -0.05) is 19.8 Å². The van der Waals surface area contributed by atoms with Crippen molar-refractivity contribution in [3.8, 4) is 5.75 Å². The summed E-state index contributed by atoms with van der Waals surface area (Å²) in [6.07, 6.45) is 4.90. The van der Waals surface area contributed by atoms with E-state index in [2.05, 4.69) is 22.8 Å². The molecule has 1 saturated carbocycles. The number of thiocarbonyl (C=S) groups is 1. The molecule has 154 valence electrons. The zero-order chi connectivity index (χ0) is 20.5. The van der Waals surface area contributed by atoms with Gasteiger partial charge in [0.25, 0.3) is 0 Å². The van der Waals surface area contributed by atoms with Crippen molar-refractivity contribution < 1.29 is 14.6 Å². The maximum Gasteiger partial charge on any atom is 0.313 e. The maximum absolute atomic E-state index is 10.7. The average molecular weight is 424 g/mol. The predicted octanol–water partition coefficient (Wildman–Crippen LogP) is 3.78. The van der Waals surface area contributed by atoms with E-state index in [1.54, 1.807) is 7.11 Å². The van der Waals surface area contributed by atoms with Crippen LogP contribution in [0.5, 0.6) is 5.75 Å². The van der Waals surface area contributed by atoms with Gasteiger partial charge in [-0.25, -0.2) is 0 Å². The number of benzene rings is 1. The van der Waals surface area contributed by atoms with Crippen molar-refractivity contribution in [2.45, 2.75) is 51.3 Å². The van der Waals surface area contributed by atoms with Gasteiger partial charge in [-0.15, -0.1) is 11.8 Å². The molecule has 1 aromatic carbocycles. The largest absolute Gasteiger partial charge is 0.496 e. The fraction of sp³-hybridized carbons (Fsp3) is 0.550. The first-order chi connectivity index (χ1) is 13.4. The molecule has 0 bridgehead atoms. The van der Waals surface area contributed by atoms with E-state index in [0.717, 1.165) is 29.0 Å². The topological polar surface area (TPSA) is 83.0 Å². The Kier molecular flexibility index (Phi) is 9.05. The molecule has 0 saturated heterocycles. The highest BCUT2D eigenvalue weighted by atomic mass is 32.2. The summed E-state index contributed by atoms with van der Waals surface area (Å²) < 4.78 is 5.38. The van der Waals surface area contributed by atoms with E-state index in [-0.39, 0.29) is 5.75 Å². The van der Waals surface area contributed by atoms with Gasteiger partial charge in [0.15, 0.2) is 5.11 Å². The summed E-state index contributed by atoms with van der Waals surface area (Å²) >= 11 is 6.73. The number of carboxylic acids is 1. The first-order valence-electron chi connectivity index (χ1n) is 9.48. The van der Waals surface area contributed by atoms with Gasteiger partial charge in [-0.3, -0.25) is 10.2 Å². The third kappa shape index (κ3) is 6.98. The molecule has 2 atom stereocenters. The molecule has 0 heterocycles. The molecule has 2 rings (SSSR count). The van der Waals surface area contributed by atoms with Gasteiger partial charge < -0.3 is 15.2 Å². The Labute approximate surface area is 176 Å². The average Bonchev–Trinajstić information content (AvgIpc) is 2.67. The normalized spacial score (nSPS) is 19.8. The van der Waals surface area contributed by atoms with Crippen molar-refractivity contribution in [3.05, 3.63) is 29.3 Å². The monoisotopic (exact) mass is 423 g/mol. The molecule has 1 aliphatic rings. The van der Waals surface area contributed by atoms with Crippen LogP contribution < -0.4 is 15.5 Å². The number of carbonyl (C=O) groups is 1. The minimum absolute atomic E-state index is 0.0571. The molecule has 0 amide bonds. The van der Waals surface area contributed by atoms with Crippen molar-refractivity contribution in [1.82, 2.24) is 10.7 Å². The van der Waals surface area contributed by atoms with Crippen LogP contribution in [0.1, 0.15) is 50.7 Å². The molecule has 1 fully saturated rings. The fourth-order valence-electron chi connectivity index (χ4n) is 3.30.